The number of fused-ring (bicyclic) bond motifs is 4. The third-order valence-electron chi connectivity index (χ3n) is 18.5. The number of nitrogens with two attached hydrogens (primary N) is 1. The number of aryl methyl sites for hydroxylation is 2. The molecular weight excluding hydrogens is 1310 g/mol. The fraction of sp³-hybridized carbons (Fsp3) is 0.416. The van der Waals surface area contributed by atoms with Gasteiger partial charge in [-0.3, -0.25) is 38.4 Å². The van der Waals surface area contributed by atoms with Gasteiger partial charge in [0.15, 0.2) is 11.6 Å². The molecule has 8 heterocycles. The van der Waals surface area contributed by atoms with Crippen molar-refractivity contribution in [3.8, 4) is 0 Å². The number of carbonyl (C=O) groups is 9. The number of thiophene rings is 2. The number of para-hydroxylation sites is 4. The number of amides is 7. The maximum Gasteiger partial charge on any atom is 0.408 e. The number of carbonyl (C=O) groups excluding carboxylic acids is 9. The molecule has 528 valence electrons. The third kappa shape index (κ3) is 16.9. The van der Waals surface area contributed by atoms with Crippen LogP contribution in [0.5, 0.6) is 0 Å². The van der Waals surface area contributed by atoms with Crippen LogP contribution in [-0.2, 0) is 96.0 Å². The maximum absolute atomic E-state index is 14.5. The van der Waals surface area contributed by atoms with Gasteiger partial charge < -0.3 is 60.3 Å². The van der Waals surface area contributed by atoms with Gasteiger partial charge in [0.05, 0.1) is 53.5 Å². The van der Waals surface area contributed by atoms with E-state index in [4.69, 9.17) is 15.6 Å². The highest BCUT2D eigenvalue weighted by Crippen LogP contribution is 2.44. The average Bonchev–Trinajstić information content (AvgIpc) is 1.03. The summed E-state index contributed by atoms with van der Waals surface area (Å²) in [5, 5.41) is 25.9. The molecule has 8 aromatic rings. The van der Waals surface area contributed by atoms with E-state index in [-0.39, 0.29) is 67.5 Å². The normalized spacial score (nSPS) is 16.9. The molecular formula is C77H92N10O11S2. The molecule has 4 atom stereocenters. The first-order valence-corrected chi connectivity index (χ1v) is 36.1. The second-order valence-corrected chi connectivity index (χ2v) is 30.0. The fourth-order valence-corrected chi connectivity index (χ4v) is 15.0. The molecule has 0 saturated carbocycles. The van der Waals surface area contributed by atoms with Gasteiger partial charge in [-0.25, -0.2) is 4.79 Å². The molecule has 21 nitrogen and oxygen atoms in total. The predicted molar refractivity (Wildman–Crippen MR) is 392 cm³/mol. The van der Waals surface area contributed by atoms with Crippen molar-refractivity contribution in [2.75, 3.05) is 39.3 Å². The number of ketones is 2. The van der Waals surface area contributed by atoms with E-state index < -0.39 is 58.5 Å². The Kier molecular flexibility index (Phi) is 22.8. The summed E-state index contributed by atoms with van der Waals surface area (Å²) in [6.45, 7) is 15.3. The highest BCUT2D eigenvalue weighted by Gasteiger charge is 2.43. The molecule has 23 heteroatoms. The number of nitrogens with one attached hydrogen (secondary N) is 3. The number of anilines is 4. The second-order valence-electron chi connectivity index (χ2n) is 28.4. The minimum absolute atomic E-state index is 0.0322. The molecule has 0 spiro atoms. The molecule has 0 bridgehead atoms. The van der Waals surface area contributed by atoms with Crippen molar-refractivity contribution in [2.45, 2.75) is 161 Å². The van der Waals surface area contributed by atoms with Crippen LogP contribution in [-0.4, -0.2) is 116 Å². The molecule has 0 aliphatic carbocycles. The number of hydrogen-bond acceptors (Lipinski definition) is 14. The number of nitrogens with zero attached hydrogens (tertiary/aromatic N) is 6. The topological polar surface area (TPSA) is 268 Å². The molecule has 4 aromatic carbocycles. The molecule has 2 unspecified atom stereocenters. The summed E-state index contributed by atoms with van der Waals surface area (Å²) < 4.78 is 9.38. The monoisotopic (exact) mass is 1400 g/mol. The Hall–Kier alpha value is -9.29. The Balaban J connectivity index is 0.000000210. The van der Waals surface area contributed by atoms with Crippen molar-refractivity contribution >= 4 is 120 Å². The molecule has 6 N–H and O–H groups in total. The molecule has 7 amide bonds. The summed E-state index contributed by atoms with van der Waals surface area (Å²) in [7, 11) is 3.88. The van der Waals surface area contributed by atoms with Crippen LogP contribution in [0.1, 0.15) is 127 Å². The van der Waals surface area contributed by atoms with Gasteiger partial charge in [-0.15, -0.1) is 0 Å². The van der Waals surface area contributed by atoms with Crippen LogP contribution in [0.25, 0.3) is 21.8 Å². The molecule has 100 heavy (non-hydrogen) atoms. The number of aliphatic hydroxyl groups excluding tert-OH is 1. The lowest BCUT2D eigenvalue weighted by Gasteiger charge is -2.37. The summed E-state index contributed by atoms with van der Waals surface area (Å²) in [6, 6.07) is 29.5. The number of benzene rings is 4. The summed E-state index contributed by atoms with van der Waals surface area (Å²) in [4.78, 5) is 130. The largest absolute Gasteiger partial charge is 0.444 e. The van der Waals surface area contributed by atoms with E-state index in [0.717, 1.165) is 79.4 Å². The van der Waals surface area contributed by atoms with Gasteiger partial charge in [0.2, 0.25) is 35.4 Å². The smallest absolute Gasteiger partial charge is 0.408 e. The SMILES string of the molecule is CCO.Cn1cc(C[C@@H](NC(=O)C(C)(C)N)C(=O)CC2Cc3cccc(N4CCCC4=O)c3N(Cc3ccsc3)C2=O)c2ccccc21.Cn1cc(C[C@@H](NC(=O)C(C)(C)NC(=O)OC(C)(C)C)C(=O)CC2Cc3cccc(N4CCCC4=O)c3N(Cc3ccsc3)C2=O)c2ccccc21. The van der Waals surface area contributed by atoms with E-state index in [9.17, 15) is 43.2 Å². The van der Waals surface area contributed by atoms with Gasteiger partial charge in [0.1, 0.15) is 11.1 Å². The highest BCUT2D eigenvalue weighted by molar-refractivity contribution is 7.08. The standard InChI is InChI=1S/C40H47N5O6S.C35H39N5O4S.C2H6O/c1-39(2,3)51-38(50)42-40(4,5)37(49)41-30(20-28-23-43(6)31-13-8-7-12-29(28)31)33(46)21-27-19-26-11-9-14-32(44-17-10-15-34(44)47)35(26)45(36(27)48)22-25-16-18-52-24-25;1-35(2,36)34(44)37-27(17-25-20-38(3)28-10-5-4-9-26(25)28)30(41)18-24-16-23-8-6-11-29(39-14-7-12-31(39)42)32(23)40(33(24)43)19-22-13-15-45-21-22;1-2-3/h7-9,11-14,16,18,23-24,27,30H,10,15,17,19-22H2,1-6H3,(H,41,49)(H,42,50);4-6,8-11,13,15,20-21,24,27H,7,12,14,16-19,36H2,1-3H3,(H,37,44);3H,2H2,1H3/t27?,30-;24?,27-;/m11./s1. The summed E-state index contributed by atoms with van der Waals surface area (Å²) in [5.41, 5.74) is 13.3. The summed E-state index contributed by atoms with van der Waals surface area (Å²) in [5.74, 6) is -3.08. The predicted octanol–water partition coefficient (Wildman–Crippen LogP) is 10.6. The third-order valence-corrected chi connectivity index (χ3v) is 20.0. The first-order valence-electron chi connectivity index (χ1n) is 34.2. The lowest BCUT2D eigenvalue weighted by Crippen LogP contribution is -2.59. The number of alkyl carbamates (subject to hydrolysis) is 1. The van der Waals surface area contributed by atoms with Crippen LogP contribution in [0.3, 0.4) is 0 Å². The van der Waals surface area contributed by atoms with Crippen molar-refractivity contribution in [1.29, 1.82) is 0 Å². The Labute approximate surface area is 592 Å². The molecule has 4 aliphatic rings. The van der Waals surface area contributed by atoms with Crippen LogP contribution in [0.4, 0.5) is 27.5 Å². The van der Waals surface area contributed by atoms with Crippen LogP contribution >= 0.6 is 22.7 Å². The molecule has 0 radical (unpaired) electrons. The van der Waals surface area contributed by atoms with Crippen LogP contribution < -0.4 is 41.3 Å². The van der Waals surface area contributed by atoms with E-state index in [1.165, 1.54) is 0 Å². The Morgan fingerprint density at radius 1 is 0.600 bits per heavy atom. The van der Waals surface area contributed by atoms with Crippen molar-refractivity contribution < 1.29 is 53.0 Å². The lowest BCUT2D eigenvalue weighted by atomic mass is 9.85. The number of aromatic nitrogens is 2. The molecule has 2 saturated heterocycles. The number of aliphatic hydroxyl groups is 1. The van der Waals surface area contributed by atoms with Crippen molar-refractivity contribution in [2.24, 2.45) is 31.7 Å². The van der Waals surface area contributed by atoms with Gasteiger partial charge in [-0.2, -0.15) is 22.7 Å². The van der Waals surface area contributed by atoms with E-state index in [1.54, 1.807) is 97.7 Å². The zero-order valence-corrected chi connectivity index (χ0v) is 60.4. The lowest BCUT2D eigenvalue weighted by molar-refractivity contribution is -0.133. The van der Waals surface area contributed by atoms with Gasteiger partial charge in [0, 0.05) is 118 Å². The first-order chi connectivity index (χ1) is 47.5. The molecule has 4 aliphatic heterocycles. The quantitative estimate of drug-likeness (QED) is 0.0450. The maximum atomic E-state index is 14.5. The van der Waals surface area contributed by atoms with Gasteiger partial charge in [-0.05, 0) is 172 Å². The van der Waals surface area contributed by atoms with Crippen molar-refractivity contribution in [1.82, 2.24) is 25.1 Å². The number of rotatable bonds is 21. The average molecular weight is 1400 g/mol. The van der Waals surface area contributed by atoms with E-state index in [1.807, 2.05) is 154 Å². The molecule has 4 aromatic heterocycles. The van der Waals surface area contributed by atoms with Crippen LogP contribution in [0, 0.1) is 11.8 Å². The van der Waals surface area contributed by atoms with E-state index in [2.05, 4.69) is 16.0 Å². The van der Waals surface area contributed by atoms with Gasteiger partial charge >= 0.3 is 6.09 Å². The van der Waals surface area contributed by atoms with E-state index >= 15 is 0 Å². The number of hydrogen-bond donors (Lipinski definition) is 5. The van der Waals surface area contributed by atoms with Crippen LogP contribution in [0.2, 0.25) is 0 Å². The second kappa shape index (κ2) is 31.1. The van der Waals surface area contributed by atoms with Gasteiger partial charge in [-0.1, -0.05) is 60.7 Å². The summed E-state index contributed by atoms with van der Waals surface area (Å²) >= 11 is 3.10. The van der Waals surface area contributed by atoms with Gasteiger partial charge in [0.25, 0.3) is 0 Å². The minimum Gasteiger partial charge on any atom is -0.444 e. The number of ether oxygens (including phenoxy) is 1. The van der Waals surface area contributed by atoms with Crippen LogP contribution in [0.15, 0.2) is 131 Å². The Bertz CT molecular complexity index is 4350. The van der Waals surface area contributed by atoms with Crippen molar-refractivity contribution in [3.63, 3.8) is 0 Å². The fourth-order valence-electron chi connectivity index (χ4n) is 13.7. The first kappa shape index (κ1) is 73.4. The van der Waals surface area contributed by atoms with Crippen molar-refractivity contribution in [3.05, 3.63) is 164 Å². The molecule has 2 fully saturated rings. The summed E-state index contributed by atoms with van der Waals surface area (Å²) in [6.07, 6.45) is 6.67. The number of Topliss-reactive ketones (excluding diaryl/α,β-unsaturated/α-hetero) is 2. The molecule has 12 rings (SSSR count). The Morgan fingerprint density at radius 2 is 1.02 bits per heavy atom. The Morgan fingerprint density at radius 3 is 1.40 bits per heavy atom. The minimum atomic E-state index is -1.42. The van der Waals surface area contributed by atoms with E-state index in [0.29, 0.717) is 63.2 Å². The zero-order valence-electron chi connectivity index (χ0n) is 58.7. The highest BCUT2D eigenvalue weighted by atomic mass is 32.1. The zero-order chi connectivity index (χ0) is 72.0.